The number of alkyl carbamates (subject to hydrolysis) is 1. The minimum Gasteiger partial charge on any atom is -0.493 e. The molecule has 3 aliphatic heterocycles. The zero-order chi connectivity index (χ0) is 24.7. The van der Waals surface area contributed by atoms with E-state index in [1.807, 2.05) is 30.3 Å². The molecule has 5 nitrogen and oxygen atoms in total. The van der Waals surface area contributed by atoms with Crippen LogP contribution < -0.4 is 10.1 Å². The summed E-state index contributed by atoms with van der Waals surface area (Å²) in [6, 6.07) is 10.8. The van der Waals surface area contributed by atoms with E-state index in [2.05, 4.69) is 37.9 Å². The molecular weight excluding hydrogens is 443 g/mol. The van der Waals surface area contributed by atoms with Gasteiger partial charge in [-0.3, -0.25) is 4.90 Å². The normalized spacial score (nSPS) is 26.5. The molecule has 0 saturated carbocycles. The molecule has 3 heterocycles. The van der Waals surface area contributed by atoms with Gasteiger partial charge in [-0.15, -0.1) is 0 Å². The Labute approximate surface area is 208 Å². The molecule has 1 amide bonds. The Kier molecular flexibility index (Phi) is 6.51. The molecule has 3 fully saturated rings. The molecule has 2 aromatic rings. The maximum atomic E-state index is 15.3. The number of halogens is 1. The highest BCUT2D eigenvalue weighted by atomic mass is 19.1. The Bertz CT molecular complexity index is 1070. The van der Waals surface area contributed by atoms with E-state index < -0.39 is 6.09 Å². The number of hydrogen-bond acceptors (Lipinski definition) is 4. The van der Waals surface area contributed by atoms with Crippen molar-refractivity contribution in [2.45, 2.75) is 59.1 Å². The Morgan fingerprint density at radius 2 is 1.89 bits per heavy atom. The maximum Gasteiger partial charge on any atom is 0.407 e. The second-order valence-electron chi connectivity index (χ2n) is 11.6. The van der Waals surface area contributed by atoms with Crippen molar-refractivity contribution in [1.82, 2.24) is 10.2 Å². The molecule has 1 aliphatic carbocycles. The Morgan fingerprint density at radius 1 is 1.17 bits per heavy atom. The van der Waals surface area contributed by atoms with Crippen LogP contribution in [0.3, 0.4) is 0 Å². The van der Waals surface area contributed by atoms with Gasteiger partial charge in [0.15, 0.2) is 0 Å². The minimum atomic E-state index is -0.392. The largest absolute Gasteiger partial charge is 0.493 e. The van der Waals surface area contributed by atoms with Crippen LogP contribution in [0.15, 0.2) is 36.4 Å². The van der Waals surface area contributed by atoms with Crippen molar-refractivity contribution in [3.63, 3.8) is 0 Å². The zero-order valence-electron chi connectivity index (χ0n) is 21.3. The number of piperidine rings is 3. The van der Waals surface area contributed by atoms with E-state index in [1.54, 1.807) is 6.07 Å². The lowest BCUT2D eigenvalue weighted by Gasteiger charge is -2.44. The Hall–Kier alpha value is -2.60. The predicted octanol–water partition coefficient (Wildman–Crippen LogP) is 5.97. The van der Waals surface area contributed by atoms with Gasteiger partial charge in [0.2, 0.25) is 0 Å². The molecular formula is C29H37FN2O3. The molecule has 6 heteroatoms. The molecule has 1 N–H and O–H groups in total. The molecule has 35 heavy (non-hydrogen) atoms. The maximum absolute atomic E-state index is 15.3. The molecule has 2 atom stereocenters. The monoisotopic (exact) mass is 480 g/mol. The zero-order valence-corrected chi connectivity index (χ0v) is 21.3. The van der Waals surface area contributed by atoms with Gasteiger partial charge in [-0.05, 0) is 90.6 Å². The van der Waals surface area contributed by atoms with Gasteiger partial charge >= 0.3 is 6.09 Å². The third kappa shape index (κ3) is 5.04. The average molecular weight is 481 g/mol. The van der Waals surface area contributed by atoms with Gasteiger partial charge in [0.05, 0.1) is 12.6 Å². The molecule has 2 aromatic carbocycles. The summed E-state index contributed by atoms with van der Waals surface area (Å²) < 4.78 is 27.0. The third-order valence-electron chi connectivity index (χ3n) is 7.83. The minimum absolute atomic E-state index is 0.0481. The second-order valence-corrected chi connectivity index (χ2v) is 11.6. The number of carbonyl (C=O) groups excluding carboxylic acids is 1. The van der Waals surface area contributed by atoms with Crippen molar-refractivity contribution >= 4 is 6.09 Å². The van der Waals surface area contributed by atoms with Crippen LogP contribution in [0.25, 0.3) is 11.1 Å². The molecule has 0 aromatic heterocycles. The average Bonchev–Trinajstić information content (AvgIpc) is 3.07. The van der Waals surface area contributed by atoms with Crippen LogP contribution in [0.1, 0.15) is 57.7 Å². The number of ether oxygens (including phenoxy) is 2. The molecule has 4 aliphatic rings. The van der Waals surface area contributed by atoms with Crippen LogP contribution in [0, 0.1) is 23.1 Å². The summed E-state index contributed by atoms with van der Waals surface area (Å²) in [5.41, 5.74) is 3.07. The van der Waals surface area contributed by atoms with Crippen molar-refractivity contribution in [2.24, 2.45) is 17.3 Å². The van der Waals surface area contributed by atoms with E-state index in [1.165, 1.54) is 0 Å². The summed E-state index contributed by atoms with van der Waals surface area (Å²) in [5.74, 6) is 1.41. The summed E-state index contributed by atoms with van der Waals surface area (Å²) >= 11 is 0. The number of amides is 1. The summed E-state index contributed by atoms with van der Waals surface area (Å²) in [5, 5.41) is 3.09. The van der Waals surface area contributed by atoms with Crippen LogP contribution in [0.4, 0.5) is 9.18 Å². The standard InChI is InChI=1S/C29H37FN2O3/c1-18(2)17-34-22-7-5-19(6-8-22)23-13-21-15-29(3,4)27(24(21)14-25(23)30)31-28(33)35-26-16-32-11-9-20(26)10-12-32/h5-8,13-14,18,20,26-27H,9-12,15-17H2,1-4H3,(H,31,33)/t26-,27-/m0/s1. The van der Waals surface area contributed by atoms with Crippen molar-refractivity contribution in [1.29, 1.82) is 0 Å². The smallest absolute Gasteiger partial charge is 0.407 e. The van der Waals surface area contributed by atoms with Gasteiger partial charge < -0.3 is 14.8 Å². The fourth-order valence-corrected chi connectivity index (χ4v) is 5.89. The molecule has 188 valence electrons. The lowest BCUT2D eigenvalue weighted by Crippen LogP contribution is -2.53. The van der Waals surface area contributed by atoms with Gasteiger partial charge in [-0.25, -0.2) is 9.18 Å². The predicted molar refractivity (Wildman–Crippen MR) is 135 cm³/mol. The Balaban J connectivity index is 1.31. The molecule has 0 radical (unpaired) electrons. The highest BCUT2D eigenvalue weighted by Crippen LogP contribution is 2.47. The second kappa shape index (κ2) is 9.45. The molecule has 3 saturated heterocycles. The molecule has 6 rings (SSSR count). The number of hydrogen-bond donors (Lipinski definition) is 1. The number of fused-ring (bicyclic) bond motifs is 4. The summed E-state index contributed by atoms with van der Waals surface area (Å²) in [7, 11) is 0. The van der Waals surface area contributed by atoms with E-state index in [9.17, 15) is 4.79 Å². The summed E-state index contributed by atoms with van der Waals surface area (Å²) in [6.45, 7) is 12.1. The number of rotatable bonds is 6. The number of nitrogens with one attached hydrogen (secondary N) is 1. The van der Waals surface area contributed by atoms with Gasteiger partial charge in [-0.1, -0.05) is 39.8 Å². The van der Waals surface area contributed by atoms with Crippen LogP contribution >= 0.6 is 0 Å². The van der Waals surface area contributed by atoms with Crippen molar-refractivity contribution in [3.8, 4) is 16.9 Å². The number of benzene rings is 2. The topological polar surface area (TPSA) is 50.8 Å². The lowest BCUT2D eigenvalue weighted by molar-refractivity contribution is -0.0349. The fraction of sp³-hybridized carbons (Fsp3) is 0.552. The first-order valence-corrected chi connectivity index (χ1v) is 12.9. The van der Waals surface area contributed by atoms with E-state index in [4.69, 9.17) is 9.47 Å². The summed E-state index contributed by atoms with van der Waals surface area (Å²) in [4.78, 5) is 15.3. The molecule has 2 bridgehead atoms. The Morgan fingerprint density at radius 3 is 2.51 bits per heavy atom. The highest BCUT2D eigenvalue weighted by molar-refractivity contribution is 5.70. The van der Waals surface area contributed by atoms with Crippen LogP contribution in [0.5, 0.6) is 5.75 Å². The highest BCUT2D eigenvalue weighted by Gasteiger charge is 2.42. The molecule has 0 unspecified atom stereocenters. The van der Waals surface area contributed by atoms with Gasteiger partial charge in [0.25, 0.3) is 0 Å². The lowest BCUT2D eigenvalue weighted by atomic mass is 9.85. The van der Waals surface area contributed by atoms with E-state index in [-0.39, 0.29) is 23.4 Å². The van der Waals surface area contributed by atoms with Crippen molar-refractivity contribution in [3.05, 3.63) is 53.3 Å². The van der Waals surface area contributed by atoms with Crippen LogP contribution in [-0.2, 0) is 11.2 Å². The van der Waals surface area contributed by atoms with Crippen LogP contribution in [-0.4, -0.2) is 43.3 Å². The number of nitrogens with zero attached hydrogens (tertiary/aromatic N) is 1. The van der Waals surface area contributed by atoms with Crippen LogP contribution in [0.2, 0.25) is 0 Å². The fourth-order valence-electron chi connectivity index (χ4n) is 5.89. The first kappa shape index (κ1) is 24.1. The first-order chi connectivity index (χ1) is 16.7. The van der Waals surface area contributed by atoms with E-state index in [0.29, 0.717) is 24.0 Å². The number of carbonyl (C=O) groups is 1. The van der Waals surface area contributed by atoms with Gasteiger partial charge in [0.1, 0.15) is 17.7 Å². The van der Waals surface area contributed by atoms with Gasteiger partial charge in [-0.2, -0.15) is 0 Å². The van der Waals surface area contributed by atoms with E-state index >= 15 is 4.39 Å². The SMILES string of the molecule is CC(C)COc1ccc(-c2cc3c(cc2F)[C@H](NC(=O)O[C@H]2CN4CCC2CC4)C(C)(C)C3)cc1. The molecule has 0 spiro atoms. The quantitative estimate of drug-likeness (QED) is 0.553. The first-order valence-electron chi connectivity index (χ1n) is 12.9. The van der Waals surface area contributed by atoms with Crippen molar-refractivity contribution in [2.75, 3.05) is 26.2 Å². The van der Waals surface area contributed by atoms with Crippen molar-refractivity contribution < 1.29 is 18.7 Å². The van der Waals surface area contributed by atoms with Gasteiger partial charge in [0, 0.05) is 12.1 Å². The third-order valence-corrected chi connectivity index (χ3v) is 7.83. The summed E-state index contributed by atoms with van der Waals surface area (Å²) in [6.07, 6.45) is 2.50. The van der Waals surface area contributed by atoms with E-state index in [0.717, 1.165) is 61.3 Å².